The minimum absolute atomic E-state index is 0.246. The molecule has 0 fully saturated rings. The van der Waals surface area contributed by atoms with Gasteiger partial charge in [0.05, 0.1) is 35.3 Å². The van der Waals surface area contributed by atoms with Gasteiger partial charge in [-0.15, -0.1) is 11.3 Å². The number of nitrogens with zero attached hydrogens (tertiary/aromatic N) is 3. The second-order valence-corrected chi connectivity index (χ2v) is 7.54. The lowest BCUT2D eigenvalue weighted by atomic mass is 10.3. The van der Waals surface area contributed by atoms with Gasteiger partial charge in [0.15, 0.2) is 6.29 Å². The summed E-state index contributed by atoms with van der Waals surface area (Å²) in [4.78, 5) is 18.7. The Balaban J connectivity index is 2.04. The molecule has 0 bridgehead atoms. The first-order valence-corrected chi connectivity index (χ1v) is 9.09. The lowest BCUT2D eigenvalue weighted by molar-refractivity contribution is -0.142. The number of hydrogen-bond donors (Lipinski definition) is 0. The predicted molar refractivity (Wildman–Crippen MR) is 95.0 cm³/mol. The molecule has 10 heteroatoms. The minimum atomic E-state index is -0.423. The number of ether oxygens (including phenoxy) is 3. The Morgan fingerprint density at radius 1 is 1.36 bits per heavy atom. The van der Waals surface area contributed by atoms with E-state index in [9.17, 15) is 4.79 Å². The molecule has 0 aromatic carbocycles. The summed E-state index contributed by atoms with van der Waals surface area (Å²) < 4.78 is 21.5. The van der Waals surface area contributed by atoms with E-state index in [1.165, 1.54) is 18.4 Å². The molecule has 0 amide bonds. The fourth-order valence-electron chi connectivity index (χ4n) is 2.09. The van der Waals surface area contributed by atoms with Crippen LogP contribution in [0.4, 0.5) is 0 Å². The molecular weight excluding hydrogens is 414 g/mol. The molecule has 0 aliphatic carbocycles. The Labute approximate surface area is 158 Å². The summed E-state index contributed by atoms with van der Waals surface area (Å²) in [6.07, 6.45) is -0.177. The summed E-state index contributed by atoms with van der Waals surface area (Å²) in [7, 11) is 4.49. The molecule has 0 saturated heterocycles. The van der Waals surface area contributed by atoms with Crippen molar-refractivity contribution < 1.29 is 23.5 Å². The average Bonchev–Trinajstić information content (AvgIpc) is 3.25. The van der Waals surface area contributed by atoms with Crippen LogP contribution in [0.15, 0.2) is 20.4 Å². The van der Waals surface area contributed by atoms with Crippen LogP contribution in [0.5, 0.6) is 0 Å². The number of methoxy groups -OCH3 is 3. The first-order valence-electron chi connectivity index (χ1n) is 7.48. The maximum absolute atomic E-state index is 11.4. The van der Waals surface area contributed by atoms with E-state index in [-0.39, 0.29) is 12.4 Å². The number of carbonyl (C=O) groups excluding carboxylic acids is 1. The van der Waals surface area contributed by atoms with Crippen LogP contribution < -0.4 is 0 Å². The van der Waals surface area contributed by atoms with Crippen LogP contribution in [-0.4, -0.2) is 61.7 Å². The summed E-state index contributed by atoms with van der Waals surface area (Å²) >= 11 is 4.94. The van der Waals surface area contributed by atoms with Crippen molar-refractivity contribution in [1.29, 1.82) is 0 Å². The third kappa shape index (κ3) is 6.15. The van der Waals surface area contributed by atoms with Crippen molar-refractivity contribution in [1.82, 2.24) is 15.0 Å². The molecule has 25 heavy (non-hydrogen) atoms. The van der Waals surface area contributed by atoms with E-state index in [0.717, 1.165) is 8.66 Å². The number of aromatic nitrogens is 2. The van der Waals surface area contributed by atoms with Gasteiger partial charge in [-0.2, -0.15) is 4.98 Å². The number of hydrogen-bond acceptors (Lipinski definition) is 9. The van der Waals surface area contributed by atoms with Crippen LogP contribution >= 0.6 is 27.3 Å². The Hall–Kier alpha value is -1.33. The van der Waals surface area contributed by atoms with Gasteiger partial charge in [-0.3, -0.25) is 9.69 Å². The van der Waals surface area contributed by atoms with Crippen molar-refractivity contribution in [2.24, 2.45) is 0 Å². The van der Waals surface area contributed by atoms with Crippen LogP contribution in [-0.2, 0) is 25.5 Å². The maximum Gasteiger partial charge on any atom is 0.306 e. The Morgan fingerprint density at radius 3 is 2.72 bits per heavy atom. The highest BCUT2D eigenvalue weighted by molar-refractivity contribution is 9.11. The Morgan fingerprint density at radius 2 is 2.12 bits per heavy atom. The molecule has 0 saturated carbocycles. The molecule has 0 N–H and O–H groups in total. The van der Waals surface area contributed by atoms with Crippen molar-refractivity contribution in [3.05, 3.63) is 21.8 Å². The standard InChI is InChI=1S/C15H20BrN3O5S/c1-21-13(20)6-7-19(9-14(22-2)23-3)8-12-17-15(18-24-12)10-4-5-11(16)25-10/h4-5,14H,6-9H2,1-3H3. The molecule has 0 aliphatic heterocycles. The molecule has 0 aliphatic rings. The molecule has 2 rings (SSSR count). The van der Waals surface area contributed by atoms with Gasteiger partial charge >= 0.3 is 5.97 Å². The number of carbonyl (C=O) groups is 1. The minimum Gasteiger partial charge on any atom is -0.469 e. The molecule has 0 unspecified atom stereocenters. The normalized spacial score (nSPS) is 11.4. The third-order valence-electron chi connectivity index (χ3n) is 3.41. The zero-order chi connectivity index (χ0) is 18.2. The molecule has 0 radical (unpaired) electrons. The van der Waals surface area contributed by atoms with Crippen LogP contribution in [0.2, 0.25) is 0 Å². The van der Waals surface area contributed by atoms with Crippen molar-refractivity contribution >= 4 is 33.2 Å². The van der Waals surface area contributed by atoms with E-state index in [2.05, 4.69) is 26.1 Å². The molecule has 138 valence electrons. The van der Waals surface area contributed by atoms with E-state index in [0.29, 0.717) is 31.3 Å². The highest BCUT2D eigenvalue weighted by atomic mass is 79.9. The van der Waals surface area contributed by atoms with Gasteiger partial charge in [-0.1, -0.05) is 5.16 Å². The van der Waals surface area contributed by atoms with Crippen molar-refractivity contribution in [2.45, 2.75) is 19.3 Å². The van der Waals surface area contributed by atoms with Crippen molar-refractivity contribution in [3.8, 4) is 10.7 Å². The maximum atomic E-state index is 11.4. The van der Waals surface area contributed by atoms with Gasteiger partial charge in [0, 0.05) is 20.8 Å². The van der Waals surface area contributed by atoms with E-state index >= 15 is 0 Å². The van der Waals surface area contributed by atoms with Gasteiger partial charge in [0.25, 0.3) is 0 Å². The van der Waals surface area contributed by atoms with Gasteiger partial charge in [0.2, 0.25) is 11.7 Å². The fourth-order valence-corrected chi connectivity index (χ4v) is 3.40. The largest absolute Gasteiger partial charge is 0.469 e. The van der Waals surface area contributed by atoms with Gasteiger partial charge in [-0.25, -0.2) is 0 Å². The lowest BCUT2D eigenvalue weighted by Gasteiger charge is -2.24. The highest BCUT2D eigenvalue weighted by Gasteiger charge is 2.19. The molecule has 0 spiro atoms. The Bertz CT molecular complexity index is 674. The lowest BCUT2D eigenvalue weighted by Crippen LogP contribution is -2.35. The zero-order valence-electron chi connectivity index (χ0n) is 14.2. The number of halogens is 1. The SMILES string of the molecule is COC(=O)CCN(Cc1nc(-c2ccc(Br)s2)no1)CC(OC)OC. The first-order chi connectivity index (χ1) is 12.0. The van der Waals surface area contributed by atoms with Crippen molar-refractivity contribution in [3.63, 3.8) is 0 Å². The van der Waals surface area contributed by atoms with Crippen LogP contribution in [0.25, 0.3) is 10.7 Å². The molecular formula is C15H20BrN3O5S. The average molecular weight is 434 g/mol. The van der Waals surface area contributed by atoms with E-state index in [1.54, 1.807) is 14.2 Å². The first kappa shape index (κ1) is 20.0. The smallest absolute Gasteiger partial charge is 0.306 e. The summed E-state index contributed by atoms with van der Waals surface area (Å²) in [6, 6.07) is 3.85. The summed E-state index contributed by atoms with van der Waals surface area (Å²) in [5.41, 5.74) is 0. The highest BCUT2D eigenvalue weighted by Crippen LogP contribution is 2.29. The van der Waals surface area contributed by atoms with Gasteiger partial charge < -0.3 is 18.7 Å². The van der Waals surface area contributed by atoms with E-state index in [1.807, 2.05) is 17.0 Å². The predicted octanol–water partition coefficient (Wildman–Crippen LogP) is 2.54. The second kappa shape index (κ2) is 9.97. The topological polar surface area (TPSA) is 86.9 Å². The quantitative estimate of drug-likeness (QED) is 0.417. The van der Waals surface area contributed by atoms with E-state index < -0.39 is 6.29 Å². The molecule has 2 heterocycles. The van der Waals surface area contributed by atoms with Crippen LogP contribution in [0.1, 0.15) is 12.3 Å². The number of thiophene rings is 1. The molecule has 2 aromatic heterocycles. The van der Waals surface area contributed by atoms with E-state index in [4.69, 9.17) is 18.7 Å². The van der Waals surface area contributed by atoms with Crippen LogP contribution in [0.3, 0.4) is 0 Å². The molecule has 8 nitrogen and oxygen atoms in total. The number of esters is 1. The molecule has 2 aromatic rings. The summed E-state index contributed by atoms with van der Waals surface area (Å²) in [5, 5.41) is 4.01. The van der Waals surface area contributed by atoms with Crippen molar-refractivity contribution in [2.75, 3.05) is 34.4 Å². The van der Waals surface area contributed by atoms with Crippen LogP contribution in [0, 0.1) is 0 Å². The second-order valence-electron chi connectivity index (χ2n) is 5.08. The third-order valence-corrected chi connectivity index (χ3v) is 5.03. The zero-order valence-corrected chi connectivity index (χ0v) is 16.6. The molecule has 0 atom stereocenters. The number of rotatable bonds is 10. The summed E-state index contributed by atoms with van der Waals surface area (Å²) in [6.45, 7) is 1.28. The summed E-state index contributed by atoms with van der Waals surface area (Å²) in [5.74, 6) is 0.704. The monoisotopic (exact) mass is 433 g/mol. The fraction of sp³-hybridized carbons (Fsp3) is 0.533. The van der Waals surface area contributed by atoms with Gasteiger partial charge in [0.1, 0.15) is 0 Å². The van der Waals surface area contributed by atoms with Gasteiger partial charge in [-0.05, 0) is 28.1 Å². The Kier molecular flexibility index (Phi) is 7.97.